The number of alkyl halides is 7. The van der Waals surface area contributed by atoms with Gasteiger partial charge in [0.25, 0.3) is 6.43 Å². The lowest BCUT2D eigenvalue weighted by Crippen LogP contribution is -2.45. The summed E-state index contributed by atoms with van der Waals surface area (Å²) >= 11 is 0. The largest absolute Gasteiger partial charge is 0.618 e. The van der Waals surface area contributed by atoms with Crippen molar-refractivity contribution in [2.75, 3.05) is 0 Å². The summed E-state index contributed by atoms with van der Waals surface area (Å²) in [5, 5.41) is 12.2. The van der Waals surface area contributed by atoms with Gasteiger partial charge in [0.1, 0.15) is 11.9 Å². The smallest absolute Gasteiger partial charge is 0.458 e. The van der Waals surface area contributed by atoms with Crippen molar-refractivity contribution >= 4 is 0 Å². The summed E-state index contributed by atoms with van der Waals surface area (Å²) in [5.41, 5.74) is -3.88. The van der Waals surface area contributed by atoms with Crippen LogP contribution in [0.25, 0.3) is 0 Å². The Labute approximate surface area is 152 Å². The Hall–Kier alpha value is -2.56. The van der Waals surface area contributed by atoms with E-state index in [9.17, 15) is 35.9 Å². The number of hydrogen-bond acceptors (Lipinski definition) is 3. The molecule has 0 aliphatic carbocycles. The average Bonchev–Trinajstić information content (AvgIpc) is 3.36. The zero-order chi connectivity index (χ0) is 20.5. The number of hydrogen-bond donors (Lipinski definition) is 0. The van der Waals surface area contributed by atoms with Crippen LogP contribution in [0.1, 0.15) is 16.8 Å². The van der Waals surface area contributed by atoms with Crippen LogP contribution in [0.3, 0.4) is 0 Å². The molecule has 3 heterocycles. The first-order chi connectivity index (χ1) is 13.0. The van der Waals surface area contributed by atoms with Gasteiger partial charge in [-0.05, 0) is 24.3 Å². The van der Waals surface area contributed by atoms with Crippen LogP contribution in [0.2, 0.25) is 0 Å². The fraction of sp³-hybridized carbons (Fsp3) is 0.353. The molecule has 150 valence electrons. The van der Waals surface area contributed by atoms with Crippen molar-refractivity contribution < 1.29 is 44.9 Å². The van der Waals surface area contributed by atoms with E-state index in [1.165, 1.54) is 18.2 Å². The maximum absolute atomic E-state index is 13.8. The van der Waals surface area contributed by atoms with Gasteiger partial charge in [0.05, 0.1) is 0 Å². The first-order valence-corrected chi connectivity index (χ1v) is 7.91. The highest BCUT2D eigenvalue weighted by atomic mass is 19.4. The van der Waals surface area contributed by atoms with Crippen LogP contribution in [0, 0.1) is 5.21 Å². The highest BCUT2D eigenvalue weighted by molar-refractivity contribution is 5.53. The maximum atomic E-state index is 13.8. The number of nitrogens with zero attached hydrogens (tertiary/aromatic N) is 1. The molecule has 2 aromatic rings. The second kappa shape index (κ2) is 5.72. The number of benzene rings is 1. The van der Waals surface area contributed by atoms with E-state index in [4.69, 9.17) is 9.47 Å². The molecule has 11 heteroatoms. The number of halogens is 7. The Morgan fingerprint density at radius 3 is 2.39 bits per heavy atom. The minimum atomic E-state index is -5.87. The van der Waals surface area contributed by atoms with Crippen molar-refractivity contribution in [3.05, 3.63) is 64.6 Å². The van der Waals surface area contributed by atoms with E-state index < -0.39 is 41.9 Å². The lowest BCUT2D eigenvalue weighted by atomic mass is 9.85. The highest BCUT2D eigenvalue weighted by Gasteiger charge is 2.73. The van der Waals surface area contributed by atoms with E-state index in [1.54, 1.807) is 0 Å². The van der Waals surface area contributed by atoms with Crippen LogP contribution < -0.4 is 9.47 Å². The van der Waals surface area contributed by atoms with E-state index in [-0.39, 0.29) is 21.7 Å². The lowest BCUT2D eigenvalue weighted by molar-refractivity contribution is -0.617. The monoisotopic (exact) mass is 409 g/mol. The first-order valence-electron chi connectivity index (χ1n) is 7.91. The van der Waals surface area contributed by atoms with Crippen LogP contribution in [0.5, 0.6) is 5.75 Å². The Morgan fingerprint density at radius 2 is 1.79 bits per heavy atom. The molecular weight excluding hydrogens is 399 g/mol. The highest BCUT2D eigenvalue weighted by Crippen LogP contribution is 2.60. The molecule has 4 nitrogen and oxygen atoms in total. The van der Waals surface area contributed by atoms with Crippen molar-refractivity contribution in [2.24, 2.45) is 0 Å². The van der Waals surface area contributed by atoms with Gasteiger partial charge in [-0.2, -0.15) is 26.7 Å². The van der Waals surface area contributed by atoms with E-state index in [2.05, 4.69) is 0 Å². The summed E-state index contributed by atoms with van der Waals surface area (Å²) in [7, 11) is 0. The van der Waals surface area contributed by atoms with Gasteiger partial charge in [0, 0.05) is 23.3 Å². The SMILES string of the molecule is [O-][n+]1ccccc1C12OC1C(C(F)F)Oc1ccc(C(F)(F)C(F)(F)F)cc12. The van der Waals surface area contributed by atoms with Crippen molar-refractivity contribution in [3.8, 4) is 5.75 Å². The van der Waals surface area contributed by atoms with E-state index >= 15 is 0 Å². The van der Waals surface area contributed by atoms with Gasteiger partial charge in [0.15, 0.2) is 12.3 Å². The molecule has 0 bridgehead atoms. The second-order valence-corrected chi connectivity index (χ2v) is 6.39. The molecule has 0 amide bonds. The molecule has 0 radical (unpaired) electrons. The zero-order valence-corrected chi connectivity index (χ0v) is 13.6. The third-order valence-corrected chi connectivity index (χ3v) is 4.77. The summed E-state index contributed by atoms with van der Waals surface area (Å²) in [6, 6.07) is 5.62. The van der Waals surface area contributed by atoms with Crippen molar-refractivity contribution in [3.63, 3.8) is 0 Å². The zero-order valence-electron chi connectivity index (χ0n) is 13.6. The minimum Gasteiger partial charge on any atom is -0.618 e. The second-order valence-electron chi connectivity index (χ2n) is 6.39. The van der Waals surface area contributed by atoms with Gasteiger partial charge in [-0.15, -0.1) is 0 Å². The van der Waals surface area contributed by atoms with Gasteiger partial charge < -0.3 is 14.7 Å². The Balaban J connectivity index is 1.91. The lowest BCUT2D eigenvalue weighted by Gasteiger charge is -2.28. The molecule has 1 aromatic heterocycles. The molecule has 3 unspecified atom stereocenters. The summed E-state index contributed by atoms with van der Waals surface area (Å²) in [6.45, 7) is 0. The first kappa shape index (κ1) is 18.8. The number of epoxide rings is 1. The topological polar surface area (TPSA) is 48.7 Å². The fourth-order valence-electron chi connectivity index (χ4n) is 3.42. The summed E-state index contributed by atoms with van der Waals surface area (Å²) in [6.07, 6.45) is -11.1. The minimum absolute atomic E-state index is 0.220. The molecular formula is C17H10F7NO3. The van der Waals surface area contributed by atoms with Crippen molar-refractivity contribution in [2.45, 2.75) is 36.3 Å². The Bertz CT molecular complexity index is 933. The fourth-order valence-corrected chi connectivity index (χ4v) is 3.42. The predicted molar refractivity (Wildman–Crippen MR) is 77.9 cm³/mol. The number of aromatic nitrogens is 1. The quantitative estimate of drug-likeness (QED) is 0.337. The number of fused-ring (bicyclic) bond motifs is 3. The van der Waals surface area contributed by atoms with Gasteiger partial charge in [-0.25, -0.2) is 8.78 Å². The number of pyridine rings is 1. The number of ether oxygens (including phenoxy) is 2. The molecule has 2 aliphatic heterocycles. The number of rotatable bonds is 3. The van der Waals surface area contributed by atoms with E-state index in [1.807, 2.05) is 0 Å². The molecule has 28 heavy (non-hydrogen) atoms. The normalized spacial score (nSPS) is 26.4. The molecule has 4 rings (SSSR count). The van der Waals surface area contributed by atoms with Crippen LogP contribution in [0.4, 0.5) is 30.7 Å². The van der Waals surface area contributed by atoms with E-state index in [0.717, 1.165) is 12.3 Å². The van der Waals surface area contributed by atoms with Crippen LogP contribution in [-0.4, -0.2) is 24.8 Å². The van der Waals surface area contributed by atoms with Gasteiger partial charge in [-0.1, -0.05) is 0 Å². The third kappa shape index (κ3) is 2.45. The third-order valence-electron chi connectivity index (χ3n) is 4.77. The van der Waals surface area contributed by atoms with Crippen molar-refractivity contribution in [1.29, 1.82) is 0 Å². The van der Waals surface area contributed by atoms with Crippen LogP contribution in [-0.2, 0) is 16.3 Å². The maximum Gasteiger partial charge on any atom is 0.458 e. The van der Waals surface area contributed by atoms with Gasteiger partial charge in [0.2, 0.25) is 11.3 Å². The standard InChI is InChI=1S/C17H10F7NO3/c18-14(19)12-13-15(28-13,11-3-1-2-6-25(11)26)9-7-8(4-5-10(9)27-12)16(20,21)17(22,23)24/h1-7,12-14H. The summed E-state index contributed by atoms with van der Waals surface area (Å²) in [5.74, 6) is -5.55. The van der Waals surface area contributed by atoms with Gasteiger partial charge >= 0.3 is 12.1 Å². The molecule has 1 saturated heterocycles. The van der Waals surface area contributed by atoms with Crippen LogP contribution in [0.15, 0.2) is 42.6 Å². The predicted octanol–water partition coefficient (Wildman–Crippen LogP) is 3.64. The average molecular weight is 409 g/mol. The molecule has 0 spiro atoms. The molecule has 2 aliphatic rings. The Kier molecular flexibility index (Phi) is 3.84. The summed E-state index contributed by atoms with van der Waals surface area (Å²) in [4.78, 5) is 0. The molecule has 3 atom stereocenters. The summed E-state index contributed by atoms with van der Waals surface area (Å²) < 4.78 is 103. The van der Waals surface area contributed by atoms with Crippen molar-refractivity contribution in [1.82, 2.24) is 0 Å². The molecule has 1 aromatic carbocycles. The molecule has 1 fully saturated rings. The molecule has 0 saturated carbocycles. The van der Waals surface area contributed by atoms with E-state index in [0.29, 0.717) is 12.1 Å². The Morgan fingerprint density at radius 1 is 1.07 bits per heavy atom. The van der Waals surface area contributed by atoms with Crippen LogP contribution >= 0.6 is 0 Å². The van der Waals surface area contributed by atoms with Gasteiger partial charge in [-0.3, -0.25) is 0 Å². The molecule has 0 N–H and O–H groups in total.